The monoisotopic (exact) mass is 354 g/mol. The molecule has 1 aromatic carbocycles. The summed E-state index contributed by atoms with van der Waals surface area (Å²) in [6.07, 6.45) is 2.33. The lowest BCUT2D eigenvalue weighted by Crippen LogP contribution is -2.48. The smallest absolute Gasteiger partial charge is 0.274 e. The van der Waals surface area contributed by atoms with Crippen molar-refractivity contribution in [2.24, 2.45) is 0 Å². The Hall–Kier alpha value is -2.34. The summed E-state index contributed by atoms with van der Waals surface area (Å²) in [5.41, 5.74) is 2.63. The maximum Gasteiger partial charge on any atom is 0.274 e. The summed E-state index contributed by atoms with van der Waals surface area (Å²) in [5, 5.41) is 4.69. The molecular weight excluding hydrogens is 328 g/mol. The topological polar surface area (TPSA) is 50.6 Å². The van der Waals surface area contributed by atoms with E-state index < -0.39 is 0 Å². The van der Waals surface area contributed by atoms with Gasteiger partial charge in [0.1, 0.15) is 5.75 Å². The van der Waals surface area contributed by atoms with Crippen molar-refractivity contribution in [1.82, 2.24) is 19.6 Å². The van der Waals surface area contributed by atoms with Crippen molar-refractivity contribution >= 4 is 5.91 Å². The number of likely N-dealkylation sites (N-methyl/N-ethyl adjacent to an activating group) is 1. The summed E-state index contributed by atoms with van der Waals surface area (Å²) in [6.45, 7) is 6.63. The molecule has 1 saturated heterocycles. The highest BCUT2D eigenvalue weighted by Gasteiger charge is 2.31. The third kappa shape index (κ3) is 3.33. The molecule has 0 bridgehead atoms. The number of benzene rings is 1. The zero-order valence-electron chi connectivity index (χ0n) is 15.5. The van der Waals surface area contributed by atoms with Gasteiger partial charge in [-0.05, 0) is 37.6 Å². The number of carbonyl (C=O) groups excluding carboxylic acids is 1. The van der Waals surface area contributed by atoms with E-state index in [0.717, 1.165) is 49.9 Å². The van der Waals surface area contributed by atoms with E-state index in [1.54, 1.807) is 7.11 Å². The molecule has 2 aromatic rings. The number of piperazine rings is 1. The van der Waals surface area contributed by atoms with Gasteiger partial charge in [-0.1, -0.05) is 13.0 Å². The quantitative estimate of drug-likeness (QED) is 0.828. The summed E-state index contributed by atoms with van der Waals surface area (Å²) < 4.78 is 7.27. The van der Waals surface area contributed by atoms with Crippen molar-refractivity contribution in [2.75, 3.05) is 39.8 Å². The first-order chi connectivity index (χ1) is 12.7. The van der Waals surface area contributed by atoms with E-state index in [4.69, 9.17) is 4.74 Å². The predicted octanol–water partition coefficient (Wildman–Crippen LogP) is 2.54. The van der Waals surface area contributed by atoms with Crippen molar-refractivity contribution in [2.45, 2.75) is 25.7 Å². The summed E-state index contributed by atoms with van der Waals surface area (Å²) >= 11 is 0. The first-order valence-electron chi connectivity index (χ1n) is 9.45. The molecule has 1 saturated carbocycles. The highest BCUT2D eigenvalue weighted by Crippen LogP contribution is 2.41. The minimum absolute atomic E-state index is 0.0456. The maximum absolute atomic E-state index is 13.0. The number of carbonyl (C=O) groups is 1. The molecular formula is C20H26N4O2. The molecule has 1 amide bonds. The van der Waals surface area contributed by atoms with E-state index in [2.05, 4.69) is 16.9 Å². The van der Waals surface area contributed by atoms with Crippen molar-refractivity contribution in [3.05, 3.63) is 41.7 Å². The third-order valence-corrected chi connectivity index (χ3v) is 5.36. The van der Waals surface area contributed by atoms with Crippen LogP contribution in [0.3, 0.4) is 0 Å². The van der Waals surface area contributed by atoms with Crippen LogP contribution < -0.4 is 4.74 Å². The summed E-state index contributed by atoms with van der Waals surface area (Å²) in [4.78, 5) is 17.3. The maximum atomic E-state index is 13.0. The van der Waals surface area contributed by atoms with Crippen molar-refractivity contribution < 1.29 is 9.53 Å². The van der Waals surface area contributed by atoms with Crippen molar-refractivity contribution in [3.8, 4) is 11.4 Å². The van der Waals surface area contributed by atoms with Crippen LogP contribution in [-0.4, -0.2) is 65.3 Å². The lowest BCUT2D eigenvalue weighted by molar-refractivity contribution is 0.0637. The lowest BCUT2D eigenvalue weighted by atomic mass is 10.2. The Morgan fingerprint density at radius 3 is 2.62 bits per heavy atom. The fourth-order valence-electron chi connectivity index (χ4n) is 3.55. The number of ether oxygens (including phenoxy) is 1. The Bertz CT molecular complexity index is 789. The number of nitrogens with zero attached hydrogens (tertiary/aromatic N) is 4. The van der Waals surface area contributed by atoms with E-state index >= 15 is 0 Å². The highest BCUT2D eigenvalue weighted by atomic mass is 16.5. The molecule has 2 aliphatic rings. The number of methoxy groups -OCH3 is 1. The number of hydrogen-bond donors (Lipinski definition) is 0. The fraction of sp³-hybridized carbons (Fsp3) is 0.500. The van der Waals surface area contributed by atoms with Gasteiger partial charge in [0.15, 0.2) is 5.69 Å². The van der Waals surface area contributed by atoms with Gasteiger partial charge in [0.05, 0.1) is 12.8 Å². The molecule has 0 spiro atoms. The summed E-state index contributed by atoms with van der Waals surface area (Å²) in [5.74, 6) is 1.35. The van der Waals surface area contributed by atoms with Crippen LogP contribution in [0.15, 0.2) is 30.3 Å². The molecule has 1 aromatic heterocycles. The molecule has 138 valence electrons. The highest BCUT2D eigenvalue weighted by molar-refractivity contribution is 5.92. The van der Waals surface area contributed by atoms with Gasteiger partial charge in [-0.25, -0.2) is 4.68 Å². The van der Waals surface area contributed by atoms with Crippen LogP contribution in [-0.2, 0) is 0 Å². The Labute approximate surface area is 154 Å². The van der Waals surface area contributed by atoms with Gasteiger partial charge in [0, 0.05) is 43.9 Å². The molecule has 0 N–H and O–H groups in total. The lowest BCUT2D eigenvalue weighted by Gasteiger charge is -2.33. The Morgan fingerprint density at radius 1 is 1.19 bits per heavy atom. The van der Waals surface area contributed by atoms with Gasteiger partial charge < -0.3 is 14.5 Å². The fourth-order valence-corrected chi connectivity index (χ4v) is 3.55. The van der Waals surface area contributed by atoms with Gasteiger partial charge in [-0.2, -0.15) is 5.10 Å². The number of amides is 1. The van der Waals surface area contributed by atoms with Gasteiger partial charge >= 0.3 is 0 Å². The molecule has 26 heavy (non-hydrogen) atoms. The molecule has 4 rings (SSSR count). The van der Waals surface area contributed by atoms with E-state index in [1.807, 2.05) is 39.9 Å². The average molecular weight is 354 g/mol. The second kappa shape index (κ2) is 7.11. The number of rotatable bonds is 5. The van der Waals surface area contributed by atoms with Crippen LogP contribution in [0.2, 0.25) is 0 Å². The molecule has 2 fully saturated rings. The summed E-state index contributed by atoms with van der Waals surface area (Å²) in [6, 6.07) is 9.84. The van der Waals surface area contributed by atoms with Gasteiger partial charge in [-0.3, -0.25) is 4.79 Å². The van der Waals surface area contributed by atoms with E-state index in [0.29, 0.717) is 11.6 Å². The van der Waals surface area contributed by atoms with Crippen LogP contribution in [0.4, 0.5) is 0 Å². The normalized spacial score (nSPS) is 18.2. The second-order valence-corrected chi connectivity index (χ2v) is 7.07. The summed E-state index contributed by atoms with van der Waals surface area (Å²) in [7, 11) is 1.66. The van der Waals surface area contributed by atoms with E-state index in [9.17, 15) is 4.79 Å². The van der Waals surface area contributed by atoms with E-state index in [-0.39, 0.29) is 5.91 Å². The Balaban J connectivity index is 1.61. The van der Waals surface area contributed by atoms with Crippen LogP contribution in [0.1, 0.15) is 41.9 Å². The average Bonchev–Trinajstić information content (AvgIpc) is 3.45. The standard InChI is InChI=1S/C20H26N4O2/c1-3-22-9-11-23(12-10-22)20(25)18-14-19(15-7-8-15)24(21-18)16-5-4-6-17(13-16)26-2/h4-6,13-15H,3,7-12H2,1-2H3. The Morgan fingerprint density at radius 2 is 1.96 bits per heavy atom. The van der Waals surface area contributed by atoms with Crippen molar-refractivity contribution in [3.63, 3.8) is 0 Å². The van der Waals surface area contributed by atoms with Crippen LogP contribution in [0.25, 0.3) is 5.69 Å². The largest absolute Gasteiger partial charge is 0.497 e. The molecule has 1 aliphatic heterocycles. The van der Waals surface area contributed by atoms with Crippen LogP contribution in [0, 0.1) is 0 Å². The third-order valence-electron chi connectivity index (χ3n) is 5.36. The molecule has 6 nitrogen and oxygen atoms in total. The molecule has 2 heterocycles. The minimum Gasteiger partial charge on any atom is -0.497 e. The van der Waals surface area contributed by atoms with Crippen LogP contribution in [0.5, 0.6) is 5.75 Å². The van der Waals surface area contributed by atoms with E-state index in [1.165, 1.54) is 12.8 Å². The zero-order chi connectivity index (χ0) is 18.1. The molecule has 0 atom stereocenters. The van der Waals surface area contributed by atoms with Crippen LogP contribution >= 0.6 is 0 Å². The first kappa shape index (κ1) is 17.1. The minimum atomic E-state index is 0.0456. The predicted molar refractivity (Wildman–Crippen MR) is 100 cm³/mol. The number of hydrogen-bond acceptors (Lipinski definition) is 4. The molecule has 1 aliphatic carbocycles. The first-order valence-corrected chi connectivity index (χ1v) is 9.45. The SMILES string of the molecule is CCN1CCN(C(=O)c2cc(C3CC3)n(-c3cccc(OC)c3)n2)CC1. The van der Waals surface area contributed by atoms with Gasteiger partial charge in [-0.15, -0.1) is 0 Å². The zero-order valence-corrected chi connectivity index (χ0v) is 15.5. The number of aromatic nitrogens is 2. The van der Waals surface area contributed by atoms with Crippen molar-refractivity contribution in [1.29, 1.82) is 0 Å². The molecule has 6 heteroatoms. The van der Waals surface area contributed by atoms with Gasteiger partial charge in [0.2, 0.25) is 0 Å². The molecule has 0 radical (unpaired) electrons. The van der Waals surface area contributed by atoms with Gasteiger partial charge in [0.25, 0.3) is 5.91 Å². The second-order valence-electron chi connectivity index (χ2n) is 7.07. The molecule has 0 unspecified atom stereocenters. The Kier molecular flexibility index (Phi) is 4.68.